The van der Waals surface area contributed by atoms with Crippen LogP contribution in [0.25, 0.3) is 22.6 Å². The lowest BCUT2D eigenvalue weighted by atomic mass is 10.1. The Hall–Kier alpha value is -2.88. The Morgan fingerprint density at radius 2 is 1.72 bits per heavy atom. The van der Waals surface area contributed by atoms with Gasteiger partial charge in [0.05, 0.1) is 6.61 Å². The van der Waals surface area contributed by atoms with Gasteiger partial charge in [-0.25, -0.2) is 0 Å². The molecule has 3 aromatic rings. The molecule has 25 heavy (non-hydrogen) atoms. The van der Waals surface area contributed by atoms with Gasteiger partial charge >= 0.3 is 0 Å². The molecule has 1 heterocycles. The molecule has 1 radical (unpaired) electrons. The van der Waals surface area contributed by atoms with Crippen molar-refractivity contribution in [3.8, 4) is 28.3 Å². The number of nitrogens with zero attached hydrogens (tertiary/aromatic N) is 1. The van der Waals surface area contributed by atoms with Crippen LogP contribution in [0.15, 0.2) is 59.1 Å². The average molecular weight is 334 g/mol. The summed E-state index contributed by atoms with van der Waals surface area (Å²) in [5, 5.41) is 4.11. The number of carbonyl (C=O) groups excluding carboxylic acids is 1. The van der Waals surface area contributed by atoms with Gasteiger partial charge in [0.25, 0.3) is 0 Å². The molecule has 0 amide bonds. The predicted octanol–water partition coefficient (Wildman–Crippen LogP) is 5.04. The van der Waals surface area contributed by atoms with Gasteiger partial charge < -0.3 is 9.26 Å². The van der Waals surface area contributed by atoms with Crippen molar-refractivity contribution >= 4 is 6.29 Å². The quantitative estimate of drug-likeness (QED) is 0.542. The van der Waals surface area contributed by atoms with Crippen molar-refractivity contribution in [1.82, 2.24) is 5.16 Å². The molecule has 0 unspecified atom stereocenters. The van der Waals surface area contributed by atoms with E-state index in [4.69, 9.17) is 9.26 Å². The van der Waals surface area contributed by atoms with Crippen molar-refractivity contribution in [2.45, 2.75) is 26.2 Å². The van der Waals surface area contributed by atoms with E-state index >= 15 is 0 Å². The maximum absolute atomic E-state index is 10.6. The number of rotatable bonds is 8. The number of hydrogen-bond donors (Lipinski definition) is 0. The van der Waals surface area contributed by atoms with Gasteiger partial charge in [-0.2, -0.15) is 0 Å². The molecule has 4 heteroatoms. The van der Waals surface area contributed by atoms with Crippen molar-refractivity contribution in [1.29, 1.82) is 0 Å². The summed E-state index contributed by atoms with van der Waals surface area (Å²) in [6.07, 6.45) is 5.30. The highest BCUT2D eigenvalue weighted by atomic mass is 16.5. The Kier molecular flexibility index (Phi) is 5.62. The fourth-order valence-corrected chi connectivity index (χ4v) is 2.51. The normalized spacial score (nSPS) is 10.6. The number of benzene rings is 2. The molecule has 0 fully saturated rings. The van der Waals surface area contributed by atoms with E-state index in [1.807, 2.05) is 48.8 Å². The van der Waals surface area contributed by atoms with Gasteiger partial charge in [-0.1, -0.05) is 49.2 Å². The lowest BCUT2D eigenvalue weighted by molar-refractivity contribution is 0.306. The summed E-state index contributed by atoms with van der Waals surface area (Å²) in [6, 6.07) is 16.8. The van der Waals surface area contributed by atoms with Gasteiger partial charge in [0.2, 0.25) is 6.29 Å². The molecule has 127 valence electrons. The van der Waals surface area contributed by atoms with E-state index in [1.54, 1.807) is 12.1 Å². The first kappa shape index (κ1) is 17.0. The molecule has 0 aliphatic rings. The van der Waals surface area contributed by atoms with Gasteiger partial charge in [0, 0.05) is 22.8 Å². The van der Waals surface area contributed by atoms with Crippen LogP contribution in [0.2, 0.25) is 0 Å². The van der Waals surface area contributed by atoms with Crippen LogP contribution in [0.3, 0.4) is 0 Å². The Morgan fingerprint density at radius 3 is 2.40 bits per heavy atom. The van der Waals surface area contributed by atoms with Gasteiger partial charge in [-0.05, 0) is 30.7 Å². The molecular weight excluding hydrogens is 314 g/mol. The zero-order valence-electron chi connectivity index (χ0n) is 14.2. The number of ether oxygens (including phenoxy) is 1. The van der Waals surface area contributed by atoms with E-state index in [0.29, 0.717) is 11.3 Å². The third kappa shape index (κ3) is 4.35. The average Bonchev–Trinajstić information content (AvgIpc) is 3.16. The summed E-state index contributed by atoms with van der Waals surface area (Å²) in [4.78, 5) is 10.6. The monoisotopic (exact) mass is 334 g/mol. The van der Waals surface area contributed by atoms with Crippen molar-refractivity contribution in [3.05, 3.63) is 60.2 Å². The molecular formula is C21H20NO3. The highest BCUT2D eigenvalue weighted by Crippen LogP contribution is 2.27. The first-order valence-corrected chi connectivity index (χ1v) is 8.48. The van der Waals surface area contributed by atoms with E-state index in [-0.39, 0.29) is 0 Å². The van der Waals surface area contributed by atoms with Crippen LogP contribution < -0.4 is 4.74 Å². The number of hydrogen-bond acceptors (Lipinski definition) is 4. The Bertz CT molecular complexity index is 804. The summed E-state index contributed by atoms with van der Waals surface area (Å²) in [5.41, 5.74) is 3.08. The summed E-state index contributed by atoms with van der Waals surface area (Å²) in [5.74, 6) is 1.55. The SMILES string of the molecule is CCCCCOc1ccc(-c2cc(-c3ccc([C]=O)cc3)no2)cc1. The van der Waals surface area contributed by atoms with Crippen LogP contribution in [0.4, 0.5) is 0 Å². The van der Waals surface area contributed by atoms with Gasteiger partial charge in [0.1, 0.15) is 11.4 Å². The molecule has 0 N–H and O–H groups in total. The van der Waals surface area contributed by atoms with E-state index in [9.17, 15) is 4.79 Å². The molecule has 0 saturated heterocycles. The first-order chi connectivity index (χ1) is 12.3. The summed E-state index contributed by atoms with van der Waals surface area (Å²) >= 11 is 0. The highest BCUT2D eigenvalue weighted by molar-refractivity contribution is 5.77. The van der Waals surface area contributed by atoms with E-state index in [0.717, 1.165) is 35.6 Å². The van der Waals surface area contributed by atoms with Crippen LogP contribution >= 0.6 is 0 Å². The maximum Gasteiger partial charge on any atom is 0.233 e. The Labute approximate surface area is 147 Å². The predicted molar refractivity (Wildman–Crippen MR) is 97.2 cm³/mol. The zero-order chi connectivity index (χ0) is 17.5. The molecule has 4 nitrogen and oxygen atoms in total. The molecule has 0 aliphatic heterocycles. The van der Waals surface area contributed by atoms with Crippen molar-refractivity contribution in [2.24, 2.45) is 0 Å². The molecule has 0 aliphatic carbocycles. The second kappa shape index (κ2) is 8.29. The van der Waals surface area contributed by atoms with Crippen LogP contribution in [0.5, 0.6) is 5.75 Å². The first-order valence-electron chi connectivity index (χ1n) is 8.48. The Morgan fingerprint density at radius 1 is 1.00 bits per heavy atom. The van der Waals surface area contributed by atoms with E-state index in [2.05, 4.69) is 12.1 Å². The molecule has 1 aromatic heterocycles. The summed E-state index contributed by atoms with van der Waals surface area (Å²) in [7, 11) is 0. The number of unbranched alkanes of at least 4 members (excludes halogenated alkanes) is 2. The minimum Gasteiger partial charge on any atom is -0.494 e. The molecule has 3 rings (SSSR count). The van der Waals surface area contributed by atoms with Crippen molar-refractivity contribution in [2.75, 3.05) is 6.61 Å². The van der Waals surface area contributed by atoms with Gasteiger partial charge in [-0.15, -0.1) is 0 Å². The second-order valence-electron chi connectivity index (χ2n) is 5.84. The summed E-state index contributed by atoms with van der Waals surface area (Å²) < 4.78 is 11.2. The molecule has 0 atom stereocenters. The second-order valence-corrected chi connectivity index (χ2v) is 5.84. The summed E-state index contributed by atoms with van der Waals surface area (Å²) in [6.45, 7) is 2.92. The fourth-order valence-electron chi connectivity index (χ4n) is 2.51. The topological polar surface area (TPSA) is 52.3 Å². The van der Waals surface area contributed by atoms with E-state index < -0.39 is 0 Å². The van der Waals surface area contributed by atoms with Crippen LogP contribution in [0.1, 0.15) is 31.7 Å². The van der Waals surface area contributed by atoms with Crippen molar-refractivity contribution in [3.63, 3.8) is 0 Å². The lowest BCUT2D eigenvalue weighted by Gasteiger charge is -2.05. The van der Waals surface area contributed by atoms with Gasteiger partial charge in [0.15, 0.2) is 5.76 Å². The van der Waals surface area contributed by atoms with Gasteiger partial charge in [-0.3, -0.25) is 4.79 Å². The van der Waals surface area contributed by atoms with Crippen LogP contribution in [-0.2, 0) is 4.79 Å². The molecule has 0 spiro atoms. The van der Waals surface area contributed by atoms with E-state index in [1.165, 1.54) is 12.8 Å². The highest BCUT2D eigenvalue weighted by Gasteiger charge is 2.09. The molecule has 0 saturated carbocycles. The third-order valence-corrected chi connectivity index (χ3v) is 3.96. The zero-order valence-corrected chi connectivity index (χ0v) is 14.2. The number of aromatic nitrogens is 1. The molecule has 0 bridgehead atoms. The van der Waals surface area contributed by atoms with Crippen LogP contribution in [0, 0.1) is 0 Å². The lowest BCUT2D eigenvalue weighted by Crippen LogP contribution is -1.96. The minimum absolute atomic E-state index is 0.516. The maximum atomic E-state index is 10.6. The standard InChI is InChI=1S/C21H20NO3/c1-2-3-4-13-24-19-11-9-18(10-12-19)21-14-20(22-25-21)17-7-5-16(15-23)6-8-17/h5-12,14H,2-4,13H2,1H3. The Balaban J connectivity index is 1.68. The largest absolute Gasteiger partial charge is 0.494 e. The van der Waals surface area contributed by atoms with Crippen LogP contribution in [-0.4, -0.2) is 18.0 Å². The smallest absolute Gasteiger partial charge is 0.233 e. The van der Waals surface area contributed by atoms with Crippen molar-refractivity contribution < 1.29 is 14.1 Å². The molecule has 2 aromatic carbocycles. The minimum atomic E-state index is 0.516. The fraction of sp³-hybridized carbons (Fsp3) is 0.238. The third-order valence-electron chi connectivity index (χ3n) is 3.96.